The van der Waals surface area contributed by atoms with Gasteiger partial charge >= 0.3 is 0 Å². The van der Waals surface area contributed by atoms with Gasteiger partial charge in [0.25, 0.3) is 0 Å². The molecule has 5 nitrogen and oxygen atoms in total. The van der Waals surface area contributed by atoms with Crippen molar-refractivity contribution in [3.05, 3.63) is 18.2 Å². The number of morpholine rings is 1. The Morgan fingerprint density at radius 3 is 3.30 bits per heavy atom. The van der Waals surface area contributed by atoms with Crippen LogP contribution in [0, 0.1) is 0 Å². The Kier molecular flexibility index (Phi) is 4.38. The highest BCUT2D eigenvalue weighted by atomic mass is 16.5. The monoisotopic (exact) mass is 279 g/mol. The number of rotatable bonds is 5. The number of fused-ring (bicyclic) bond motifs is 1. The van der Waals surface area contributed by atoms with Gasteiger partial charge in [-0.1, -0.05) is 6.92 Å². The lowest BCUT2D eigenvalue weighted by Gasteiger charge is -2.37. The Morgan fingerprint density at radius 2 is 2.45 bits per heavy atom. The first-order chi connectivity index (χ1) is 9.78. The Bertz CT molecular complexity index is 435. The van der Waals surface area contributed by atoms with Crippen LogP contribution in [0.1, 0.15) is 32.0 Å². The first kappa shape index (κ1) is 14.0. The van der Waals surface area contributed by atoms with Crippen LogP contribution < -0.4 is 0 Å². The molecule has 1 aromatic rings. The maximum Gasteiger partial charge on any atom is 0.111 e. The molecule has 2 aliphatic rings. The number of ether oxygens (including phenoxy) is 1. The lowest BCUT2D eigenvalue weighted by atomic mass is 10.1. The number of aliphatic hydroxyl groups excluding tert-OH is 1. The molecule has 2 aliphatic heterocycles. The Morgan fingerprint density at radius 1 is 1.55 bits per heavy atom. The summed E-state index contributed by atoms with van der Waals surface area (Å²) in [5.74, 6) is 0.964. The molecule has 0 saturated carbocycles. The van der Waals surface area contributed by atoms with Crippen LogP contribution in [0.5, 0.6) is 0 Å². The molecule has 5 heteroatoms. The van der Waals surface area contributed by atoms with E-state index in [1.165, 1.54) is 12.8 Å². The molecule has 2 fully saturated rings. The van der Waals surface area contributed by atoms with Crippen molar-refractivity contribution in [3.8, 4) is 0 Å². The smallest absolute Gasteiger partial charge is 0.111 e. The van der Waals surface area contributed by atoms with E-state index in [-0.39, 0.29) is 6.10 Å². The number of nitrogens with zero attached hydrogens (tertiary/aromatic N) is 3. The first-order valence-corrected chi connectivity index (χ1v) is 7.81. The minimum absolute atomic E-state index is 0.0730. The van der Waals surface area contributed by atoms with Gasteiger partial charge < -0.3 is 14.4 Å². The summed E-state index contributed by atoms with van der Waals surface area (Å²) in [7, 11) is 0. The zero-order chi connectivity index (χ0) is 13.9. The third-order valence-electron chi connectivity index (χ3n) is 4.50. The summed E-state index contributed by atoms with van der Waals surface area (Å²) < 4.78 is 8.00. The standard InChI is InChI=1S/C15H25N3O2/c1-2-6-17-8-5-16-15(17)9-13(19)14-10-18-7-3-4-12(18)11-20-14/h5,8,12-14,19H,2-4,6-7,9-11H2,1H3. The highest BCUT2D eigenvalue weighted by Gasteiger charge is 2.35. The van der Waals surface area contributed by atoms with Gasteiger partial charge in [-0.15, -0.1) is 0 Å². The fourth-order valence-electron chi connectivity index (χ4n) is 3.37. The number of imidazole rings is 1. The molecule has 3 rings (SSSR count). The van der Waals surface area contributed by atoms with Gasteiger partial charge in [0, 0.05) is 37.9 Å². The number of hydrogen-bond donors (Lipinski definition) is 1. The van der Waals surface area contributed by atoms with Crippen molar-refractivity contribution in [1.29, 1.82) is 0 Å². The Hall–Kier alpha value is -0.910. The average Bonchev–Trinajstić information content (AvgIpc) is 3.07. The number of aryl methyl sites for hydroxylation is 1. The van der Waals surface area contributed by atoms with Crippen LogP contribution in [0.4, 0.5) is 0 Å². The van der Waals surface area contributed by atoms with E-state index in [1.807, 2.05) is 12.4 Å². The fourth-order valence-corrected chi connectivity index (χ4v) is 3.37. The van der Waals surface area contributed by atoms with Crippen LogP contribution in [-0.2, 0) is 17.7 Å². The van der Waals surface area contributed by atoms with Crippen molar-refractivity contribution in [2.45, 2.75) is 57.4 Å². The van der Waals surface area contributed by atoms with Crippen LogP contribution in [-0.4, -0.2) is 57.5 Å². The molecule has 0 spiro atoms. The van der Waals surface area contributed by atoms with Gasteiger partial charge in [-0.25, -0.2) is 4.98 Å². The van der Waals surface area contributed by atoms with Crippen molar-refractivity contribution in [2.75, 3.05) is 19.7 Å². The predicted molar refractivity (Wildman–Crippen MR) is 76.6 cm³/mol. The highest BCUT2D eigenvalue weighted by Crippen LogP contribution is 2.24. The molecule has 3 heterocycles. The molecule has 0 bridgehead atoms. The van der Waals surface area contributed by atoms with Gasteiger partial charge in [-0.3, -0.25) is 4.90 Å². The van der Waals surface area contributed by atoms with Crippen LogP contribution >= 0.6 is 0 Å². The Labute approximate surface area is 120 Å². The molecule has 1 aromatic heterocycles. The van der Waals surface area contributed by atoms with Gasteiger partial charge in [-0.2, -0.15) is 0 Å². The summed E-state index contributed by atoms with van der Waals surface area (Å²) >= 11 is 0. The van der Waals surface area contributed by atoms with Gasteiger partial charge in [0.1, 0.15) is 5.82 Å². The van der Waals surface area contributed by atoms with Crippen molar-refractivity contribution in [2.24, 2.45) is 0 Å². The van der Waals surface area contributed by atoms with Crippen molar-refractivity contribution >= 4 is 0 Å². The summed E-state index contributed by atoms with van der Waals surface area (Å²) in [6.45, 7) is 5.90. The third-order valence-corrected chi connectivity index (χ3v) is 4.50. The van der Waals surface area contributed by atoms with Crippen LogP contribution in [0.25, 0.3) is 0 Å². The summed E-state index contributed by atoms with van der Waals surface area (Å²) in [5.41, 5.74) is 0. The number of aromatic nitrogens is 2. The SMILES string of the molecule is CCCn1ccnc1CC(O)C1CN2CCCC2CO1. The molecule has 0 amide bonds. The molecule has 3 atom stereocenters. The molecular weight excluding hydrogens is 254 g/mol. The molecule has 20 heavy (non-hydrogen) atoms. The van der Waals surface area contributed by atoms with E-state index >= 15 is 0 Å². The molecular formula is C15H25N3O2. The van der Waals surface area contributed by atoms with E-state index in [9.17, 15) is 5.11 Å². The number of aliphatic hydroxyl groups is 1. The fraction of sp³-hybridized carbons (Fsp3) is 0.800. The van der Waals surface area contributed by atoms with Crippen molar-refractivity contribution in [1.82, 2.24) is 14.5 Å². The maximum atomic E-state index is 10.5. The highest BCUT2D eigenvalue weighted by molar-refractivity contribution is 4.97. The second kappa shape index (κ2) is 6.24. The molecule has 0 aliphatic carbocycles. The predicted octanol–water partition coefficient (Wildman–Crippen LogP) is 1.06. The van der Waals surface area contributed by atoms with Crippen molar-refractivity contribution in [3.63, 3.8) is 0 Å². The molecule has 1 N–H and O–H groups in total. The van der Waals surface area contributed by atoms with Gasteiger partial charge in [0.2, 0.25) is 0 Å². The molecule has 0 radical (unpaired) electrons. The Balaban J connectivity index is 1.58. The molecule has 0 aromatic carbocycles. The zero-order valence-electron chi connectivity index (χ0n) is 12.2. The quantitative estimate of drug-likeness (QED) is 0.875. The van der Waals surface area contributed by atoms with Crippen LogP contribution in [0.2, 0.25) is 0 Å². The van der Waals surface area contributed by atoms with E-state index in [0.717, 1.165) is 38.5 Å². The lowest BCUT2D eigenvalue weighted by molar-refractivity contribution is -0.102. The second-order valence-corrected chi connectivity index (χ2v) is 5.97. The van der Waals surface area contributed by atoms with Gasteiger partial charge in [-0.05, 0) is 25.8 Å². The van der Waals surface area contributed by atoms with Crippen LogP contribution in [0.15, 0.2) is 12.4 Å². The molecule has 112 valence electrons. The zero-order valence-corrected chi connectivity index (χ0v) is 12.2. The minimum atomic E-state index is -0.463. The second-order valence-electron chi connectivity index (χ2n) is 5.97. The van der Waals surface area contributed by atoms with Gasteiger partial charge in [0.05, 0.1) is 18.8 Å². The first-order valence-electron chi connectivity index (χ1n) is 7.81. The van der Waals surface area contributed by atoms with Crippen LogP contribution in [0.3, 0.4) is 0 Å². The van der Waals surface area contributed by atoms with E-state index < -0.39 is 6.10 Å². The van der Waals surface area contributed by atoms with E-state index in [2.05, 4.69) is 21.4 Å². The topological polar surface area (TPSA) is 50.5 Å². The van der Waals surface area contributed by atoms with E-state index in [4.69, 9.17) is 4.74 Å². The maximum absolute atomic E-state index is 10.5. The molecule has 2 saturated heterocycles. The van der Waals surface area contributed by atoms with Crippen molar-refractivity contribution < 1.29 is 9.84 Å². The summed E-state index contributed by atoms with van der Waals surface area (Å²) in [6.07, 6.45) is 7.43. The van der Waals surface area contributed by atoms with E-state index in [0.29, 0.717) is 12.5 Å². The lowest BCUT2D eigenvalue weighted by Crippen LogP contribution is -2.51. The summed E-state index contributed by atoms with van der Waals surface area (Å²) in [4.78, 5) is 6.84. The number of hydrogen-bond acceptors (Lipinski definition) is 4. The largest absolute Gasteiger partial charge is 0.390 e. The summed E-state index contributed by atoms with van der Waals surface area (Å²) in [6, 6.07) is 0.584. The van der Waals surface area contributed by atoms with Gasteiger partial charge in [0.15, 0.2) is 0 Å². The average molecular weight is 279 g/mol. The molecule has 3 unspecified atom stereocenters. The minimum Gasteiger partial charge on any atom is -0.390 e. The normalized spacial score (nSPS) is 28.5. The third kappa shape index (κ3) is 2.90. The van der Waals surface area contributed by atoms with E-state index in [1.54, 1.807) is 0 Å². The summed E-state index contributed by atoms with van der Waals surface area (Å²) in [5, 5.41) is 10.5.